The van der Waals surface area contributed by atoms with Gasteiger partial charge in [-0.05, 0) is 46.2 Å². The Morgan fingerprint density at radius 1 is 0.920 bits per heavy atom. The zero-order valence-electron chi connectivity index (χ0n) is 13.3. The topological polar surface area (TPSA) is 63.6 Å². The molecule has 5 nitrogen and oxygen atoms in total. The first-order valence-electron chi connectivity index (χ1n) is 7.83. The highest BCUT2D eigenvalue weighted by molar-refractivity contribution is 7.08. The second-order valence-electron chi connectivity index (χ2n) is 5.42. The first kappa shape index (κ1) is 15.4. The molecule has 0 atom stereocenters. The Labute approximate surface area is 149 Å². The Morgan fingerprint density at radius 3 is 2.52 bits per heavy atom. The fourth-order valence-corrected chi connectivity index (χ4v) is 3.16. The van der Waals surface area contributed by atoms with Crippen molar-refractivity contribution in [3.05, 3.63) is 77.6 Å². The minimum atomic E-state index is 0.585. The highest BCUT2D eigenvalue weighted by Crippen LogP contribution is 2.31. The van der Waals surface area contributed by atoms with Crippen LogP contribution in [0, 0.1) is 0 Å². The van der Waals surface area contributed by atoms with E-state index in [0.29, 0.717) is 12.5 Å². The highest BCUT2D eigenvalue weighted by atomic mass is 32.1. The van der Waals surface area contributed by atoms with Gasteiger partial charge in [-0.1, -0.05) is 6.07 Å². The monoisotopic (exact) mass is 345 g/mol. The molecule has 0 bridgehead atoms. The van der Waals surface area contributed by atoms with Gasteiger partial charge in [0.05, 0.1) is 5.69 Å². The van der Waals surface area contributed by atoms with E-state index in [1.165, 1.54) is 0 Å². The van der Waals surface area contributed by atoms with Gasteiger partial charge in [0.2, 0.25) is 5.95 Å². The number of hydrogen-bond donors (Lipinski definition) is 1. The van der Waals surface area contributed by atoms with Crippen LogP contribution in [0.2, 0.25) is 0 Å². The lowest BCUT2D eigenvalue weighted by Gasteiger charge is -2.10. The van der Waals surface area contributed by atoms with E-state index in [0.717, 1.165) is 27.9 Å². The molecule has 122 valence electrons. The molecule has 4 aromatic rings. The maximum atomic E-state index is 4.74. The van der Waals surface area contributed by atoms with Gasteiger partial charge in [-0.15, -0.1) is 0 Å². The number of nitrogens with one attached hydrogen (secondary N) is 1. The molecule has 0 saturated heterocycles. The van der Waals surface area contributed by atoms with E-state index in [9.17, 15) is 0 Å². The first-order valence-corrected chi connectivity index (χ1v) is 8.77. The highest BCUT2D eigenvalue weighted by Gasteiger charge is 2.12. The van der Waals surface area contributed by atoms with Crippen LogP contribution in [0.3, 0.4) is 0 Å². The third kappa shape index (κ3) is 3.54. The van der Waals surface area contributed by atoms with Gasteiger partial charge in [0.15, 0.2) is 0 Å². The summed E-state index contributed by atoms with van der Waals surface area (Å²) in [7, 11) is 0. The second-order valence-corrected chi connectivity index (χ2v) is 6.20. The summed E-state index contributed by atoms with van der Waals surface area (Å²) in [5, 5.41) is 7.41. The number of pyridine rings is 2. The second kappa shape index (κ2) is 7.19. The Bertz CT molecular complexity index is 940. The molecule has 4 heterocycles. The van der Waals surface area contributed by atoms with Crippen molar-refractivity contribution < 1.29 is 0 Å². The van der Waals surface area contributed by atoms with E-state index in [1.54, 1.807) is 23.7 Å². The Balaban J connectivity index is 1.68. The largest absolute Gasteiger partial charge is 0.350 e. The fourth-order valence-electron chi connectivity index (χ4n) is 2.50. The van der Waals surface area contributed by atoms with Gasteiger partial charge in [0, 0.05) is 48.7 Å². The lowest BCUT2D eigenvalue weighted by Crippen LogP contribution is -2.05. The van der Waals surface area contributed by atoms with Crippen molar-refractivity contribution in [2.24, 2.45) is 0 Å². The Hall–Kier alpha value is -3.12. The molecule has 0 unspecified atom stereocenters. The van der Waals surface area contributed by atoms with E-state index in [1.807, 2.05) is 42.9 Å². The molecule has 0 saturated carbocycles. The zero-order chi connectivity index (χ0) is 16.9. The van der Waals surface area contributed by atoms with Crippen molar-refractivity contribution in [1.82, 2.24) is 19.9 Å². The molecule has 6 heteroatoms. The van der Waals surface area contributed by atoms with E-state index in [-0.39, 0.29) is 0 Å². The molecule has 0 aliphatic rings. The number of anilines is 1. The van der Waals surface area contributed by atoms with Crippen molar-refractivity contribution in [3.8, 4) is 22.4 Å². The van der Waals surface area contributed by atoms with Crippen LogP contribution in [-0.4, -0.2) is 19.9 Å². The van der Waals surface area contributed by atoms with Gasteiger partial charge in [-0.2, -0.15) is 11.3 Å². The molecule has 0 aliphatic carbocycles. The molecular weight excluding hydrogens is 330 g/mol. The minimum Gasteiger partial charge on any atom is -0.350 e. The summed E-state index contributed by atoms with van der Waals surface area (Å²) in [6.45, 7) is 0.623. The SMILES string of the molecule is c1cncc(CNc2ncc(-c3ccsc3)c(-c3cccnc3)n2)c1. The van der Waals surface area contributed by atoms with Crippen molar-refractivity contribution in [3.63, 3.8) is 0 Å². The maximum Gasteiger partial charge on any atom is 0.223 e. The van der Waals surface area contributed by atoms with Crippen molar-refractivity contribution >= 4 is 17.3 Å². The fraction of sp³-hybridized carbons (Fsp3) is 0.0526. The van der Waals surface area contributed by atoms with Crippen LogP contribution < -0.4 is 5.32 Å². The molecule has 25 heavy (non-hydrogen) atoms. The van der Waals surface area contributed by atoms with Gasteiger partial charge >= 0.3 is 0 Å². The summed E-state index contributed by atoms with van der Waals surface area (Å²) in [6, 6.07) is 9.93. The van der Waals surface area contributed by atoms with E-state index >= 15 is 0 Å². The Morgan fingerprint density at radius 2 is 1.80 bits per heavy atom. The number of hydrogen-bond acceptors (Lipinski definition) is 6. The quantitative estimate of drug-likeness (QED) is 0.585. The van der Waals surface area contributed by atoms with Crippen molar-refractivity contribution in [2.45, 2.75) is 6.54 Å². The van der Waals surface area contributed by atoms with E-state index < -0.39 is 0 Å². The average molecular weight is 345 g/mol. The number of rotatable bonds is 5. The lowest BCUT2D eigenvalue weighted by atomic mass is 10.0. The van der Waals surface area contributed by atoms with Gasteiger partial charge in [-0.25, -0.2) is 9.97 Å². The molecule has 4 rings (SSSR count). The van der Waals surface area contributed by atoms with Crippen LogP contribution >= 0.6 is 11.3 Å². The summed E-state index contributed by atoms with van der Waals surface area (Å²) in [5.74, 6) is 0.585. The van der Waals surface area contributed by atoms with Crippen LogP contribution in [0.5, 0.6) is 0 Å². The summed E-state index contributed by atoms with van der Waals surface area (Å²) in [5.41, 5.74) is 5.03. The zero-order valence-corrected chi connectivity index (χ0v) is 14.1. The summed E-state index contributed by atoms with van der Waals surface area (Å²) < 4.78 is 0. The van der Waals surface area contributed by atoms with Gasteiger partial charge in [0.25, 0.3) is 0 Å². The predicted molar refractivity (Wildman–Crippen MR) is 100 cm³/mol. The summed E-state index contributed by atoms with van der Waals surface area (Å²) in [6.07, 6.45) is 9.04. The molecule has 0 spiro atoms. The summed E-state index contributed by atoms with van der Waals surface area (Å²) >= 11 is 1.66. The van der Waals surface area contributed by atoms with Crippen LogP contribution in [0.25, 0.3) is 22.4 Å². The van der Waals surface area contributed by atoms with E-state index in [2.05, 4.69) is 37.1 Å². The number of nitrogens with zero attached hydrogens (tertiary/aromatic N) is 4. The van der Waals surface area contributed by atoms with Crippen LogP contribution in [0.1, 0.15) is 5.56 Å². The van der Waals surface area contributed by atoms with E-state index in [4.69, 9.17) is 4.98 Å². The number of thiophene rings is 1. The van der Waals surface area contributed by atoms with Crippen LogP contribution in [0.4, 0.5) is 5.95 Å². The van der Waals surface area contributed by atoms with Crippen molar-refractivity contribution in [1.29, 1.82) is 0 Å². The van der Waals surface area contributed by atoms with Gasteiger partial charge < -0.3 is 5.32 Å². The standard InChI is InChI=1S/C19H15N5S/c1-3-14(9-20-6-1)10-22-19-23-12-17(16-5-8-25-13-16)18(24-19)15-4-2-7-21-11-15/h1-9,11-13H,10H2,(H,22,23,24). The third-order valence-electron chi connectivity index (χ3n) is 3.73. The third-order valence-corrected chi connectivity index (χ3v) is 4.41. The first-order chi connectivity index (χ1) is 12.4. The molecule has 0 fully saturated rings. The van der Waals surface area contributed by atoms with Gasteiger partial charge in [0.1, 0.15) is 0 Å². The summed E-state index contributed by atoms with van der Waals surface area (Å²) in [4.78, 5) is 17.6. The molecule has 0 aromatic carbocycles. The molecule has 0 aliphatic heterocycles. The van der Waals surface area contributed by atoms with Gasteiger partial charge in [-0.3, -0.25) is 9.97 Å². The normalized spacial score (nSPS) is 10.6. The smallest absolute Gasteiger partial charge is 0.223 e. The molecule has 0 radical (unpaired) electrons. The molecule has 4 aromatic heterocycles. The van der Waals surface area contributed by atoms with Crippen LogP contribution in [-0.2, 0) is 6.54 Å². The Kier molecular flexibility index (Phi) is 4.43. The number of aromatic nitrogens is 4. The lowest BCUT2D eigenvalue weighted by molar-refractivity contribution is 1.04. The van der Waals surface area contributed by atoms with Crippen molar-refractivity contribution in [2.75, 3.05) is 5.32 Å². The molecule has 1 N–H and O–H groups in total. The van der Waals surface area contributed by atoms with Crippen LogP contribution in [0.15, 0.2) is 72.1 Å². The maximum absolute atomic E-state index is 4.74. The molecular formula is C19H15N5S. The average Bonchev–Trinajstić information content (AvgIpc) is 3.22. The minimum absolute atomic E-state index is 0.585. The predicted octanol–water partition coefficient (Wildman–Crippen LogP) is 4.27. The molecule has 0 amide bonds.